The van der Waals surface area contributed by atoms with Gasteiger partial charge in [-0.3, -0.25) is 0 Å². The maximum Gasteiger partial charge on any atom is 0.354 e. The number of fused-ring (bicyclic) bond motifs is 1. The highest BCUT2D eigenvalue weighted by molar-refractivity contribution is 6.39. The van der Waals surface area contributed by atoms with Crippen LogP contribution < -0.4 is 4.90 Å². The van der Waals surface area contributed by atoms with E-state index in [0.29, 0.717) is 39.5 Å². The van der Waals surface area contributed by atoms with E-state index in [-0.39, 0.29) is 12.1 Å². The maximum atomic E-state index is 12.1. The van der Waals surface area contributed by atoms with Crippen LogP contribution >= 0.6 is 23.2 Å². The first-order valence-electron chi connectivity index (χ1n) is 13.4. The Morgan fingerprint density at radius 1 is 1.08 bits per heavy atom. The Bertz CT molecular complexity index is 1500. The molecule has 1 saturated carbocycles. The van der Waals surface area contributed by atoms with Gasteiger partial charge in [-0.2, -0.15) is 0 Å². The first kappa shape index (κ1) is 26.2. The topological polar surface area (TPSA) is 69.7 Å². The molecule has 7 nitrogen and oxygen atoms in total. The summed E-state index contributed by atoms with van der Waals surface area (Å²) in [4.78, 5) is 14.5. The number of carbonyl (C=O) groups excluding carboxylic acids is 1. The summed E-state index contributed by atoms with van der Waals surface area (Å²) in [5, 5.41) is 6.52. The van der Waals surface area contributed by atoms with E-state index in [9.17, 15) is 4.79 Å². The zero-order valence-corrected chi connectivity index (χ0v) is 23.6. The van der Waals surface area contributed by atoms with Crippen LogP contribution in [-0.4, -0.2) is 42.0 Å². The highest BCUT2D eigenvalue weighted by atomic mass is 35.5. The Kier molecular flexibility index (Phi) is 7.31. The molecule has 1 unspecified atom stereocenters. The van der Waals surface area contributed by atoms with Crippen LogP contribution in [0.15, 0.2) is 47.0 Å². The first-order chi connectivity index (χ1) is 18.9. The molecule has 0 bridgehead atoms. The van der Waals surface area contributed by atoms with E-state index in [1.54, 1.807) is 0 Å². The summed E-state index contributed by atoms with van der Waals surface area (Å²) in [6.45, 7) is 2.25. The van der Waals surface area contributed by atoms with E-state index in [2.05, 4.69) is 28.3 Å². The summed E-state index contributed by atoms with van der Waals surface area (Å²) in [5.74, 6) is 0.963. The molecule has 3 heterocycles. The van der Waals surface area contributed by atoms with Crippen molar-refractivity contribution in [1.82, 2.24) is 9.72 Å². The molecule has 2 aliphatic rings. The van der Waals surface area contributed by atoms with E-state index in [1.165, 1.54) is 7.11 Å². The summed E-state index contributed by atoms with van der Waals surface area (Å²) < 4.78 is 19.1. The molecule has 204 valence electrons. The molecule has 0 spiro atoms. The highest BCUT2D eigenvalue weighted by Gasteiger charge is 2.34. The highest BCUT2D eigenvalue weighted by Crippen LogP contribution is 2.46. The van der Waals surface area contributed by atoms with Gasteiger partial charge in [-0.25, -0.2) is 4.79 Å². The van der Waals surface area contributed by atoms with Crippen molar-refractivity contribution in [3.63, 3.8) is 0 Å². The van der Waals surface area contributed by atoms with E-state index in [0.717, 1.165) is 73.1 Å². The fourth-order valence-electron chi connectivity index (χ4n) is 5.57. The van der Waals surface area contributed by atoms with Crippen molar-refractivity contribution in [2.24, 2.45) is 7.05 Å². The van der Waals surface area contributed by atoms with Gasteiger partial charge in [-0.1, -0.05) is 34.4 Å². The van der Waals surface area contributed by atoms with Gasteiger partial charge in [0.25, 0.3) is 0 Å². The van der Waals surface area contributed by atoms with Crippen molar-refractivity contribution in [3.8, 4) is 11.3 Å². The van der Waals surface area contributed by atoms with Crippen LogP contribution in [0.5, 0.6) is 0 Å². The van der Waals surface area contributed by atoms with Gasteiger partial charge in [-0.15, -0.1) is 0 Å². The SMILES string of the molecule is COC(=O)c1cc2cc(N3CCCC(OCc4c(-c5c(Cl)cccc5Cl)noc4C4CC4)CC3)ccc2n1C. The lowest BCUT2D eigenvalue weighted by Crippen LogP contribution is -2.24. The minimum absolute atomic E-state index is 0.123. The molecule has 2 fully saturated rings. The molecule has 1 atom stereocenters. The maximum absolute atomic E-state index is 12.1. The van der Waals surface area contributed by atoms with Gasteiger partial charge in [0.05, 0.1) is 29.9 Å². The van der Waals surface area contributed by atoms with E-state index >= 15 is 0 Å². The lowest BCUT2D eigenvalue weighted by atomic mass is 10.0. The van der Waals surface area contributed by atoms with Crippen molar-refractivity contribution in [2.75, 3.05) is 25.1 Å². The third kappa shape index (κ3) is 5.15. The predicted molar refractivity (Wildman–Crippen MR) is 153 cm³/mol. The Morgan fingerprint density at radius 2 is 1.87 bits per heavy atom. The van der Waals surface area contributed by atoms with Gasteiger partial charge in [0.1, 0.15) is 17.1 Å². The van der Waals surface area contributed by atoms with Crippen molar-refractivity contribution < 1.29 is 18.8 Å². The molecule has 0 N–H and O–H groups in total. The predicted octanol–water partition coefficient (Wildman–Crippen LogP) is 7.38. The van der Waals surface area contributed by atoms with E-state index in [4.69, 9.17) is 37.2 Å². The van der Waals surface area contributed by atoms with Gasteiger partial charge in [0.2, 0.25) is 0 Å². The fourth-order valence-corrected chi connectivity index (χ4v) is 6.15. The number of anilines is 1. The Labute approximate surface area is 237 Å². The fraction of sp³-hybridized carbons (Fsp3) is 0.400. The number of hydrogen-bond donors (Lipinski definition) is 0. The quantitative estimate of drug-likeness (QED) is 0.217. The van der Waals surface area contributed by atoms with Gasteiger partial charge in [0.15, 0.2) is 0 Å². The smallest absolute Gasteiger partial charge is 0.354 e. The Morgan fingerprint density at radius 3 is 2.62 bits per heavy atom. The molecular weight excluding hydrogens is 537 g/mol. The first-order valence-corrected chi connectivity index (χ1v) is 14.2. The number of ether oxygens (including phenoxy) is 2. The molecule has 2 aromatic carbocycles. The summed E-state index contributed by atoms with van der Waals surface area (Å²) in [6.07, 6.45) is 5.23. The average Bonchev–Trinajstić information content (AvgIpc) is 3.67. The summed E-state index contributed by atoms with van der Waals surface area (Å²) >= 11 is 13.0. The number of aryl methyl sites for hydroxylation is 1. The summed E-state index contributed by atoms with van der Waals surface area (Å²) in [7, 11) is 3.29. The molecule has 4 aromatic rings. The molecule has 9 heteroatoms. The third-order valence-corrected chi connectivity index (χ3v) is 8.52. The van der Waals surface area contributed by atoms with Gasteiger partial charge < -0.3 is 23.5 Å². The molecule has 1 saturated heterocycles. The molecule has 6 rings (SSSR count). The lowest BCUT2D eigenvalue weighted by molar-refractivity contribution is 0.0328. The number of rotatable bonds is 7. The minimum atomic E-state index is -0.331. The second kappa shape index (κ2) is 10.9. The number of nitrogens with zero attached hydrogens (tertiary/aromatic N) is 3. The molecule has 1 aliphatic carbocycles. The molecule has 39 heavy (non-hydrogen) atoms. The van der Waals surface area contributed by atoms with Crippen molar-refractivity contribution in [2.45, 2.75) is 50.7 Å². The zero-order valence-electron chi connectivity index (χ0n) is 22.1. The van der Waals surface area contributed by atoms with Crippen LogP contribution in [0.2, 0.25) is 10.0 Å². The van der Waals surface area contributed by atoms with Crippen LogP contribution in [0.1, 0.15) is 59.8 Å². The number of methoxy groups -OCH3 is 1. The van der Waals surface area contributed by atoms with Crippen molar-refractivity contribution in [1.29, 1.82) is 0 Å². The Hall–Kier alpha value is -3.00. The van der Waals surface area contributed by atoms with Crippen molar-refractivity contribution >= 4 is 45.8 Å². The average molecular weight is 569 g/mol. The van der Waals surface area contributed by atoms with Gasteiger partial charge in [0, 0.05) is 53.8 Å². The summed E-state index contributed by atoms with van der Waals surface area (Å²) in [6, 6.07) is 13.7. The molecule has 0 radical (unpaired) electrons. The summed E-state index contributed by atoms with van der Waals surface area (Å²) in [5.41, 5.74) is 5.05. The number of halogens is 2. The van der Waals surface area contributed by atoms with Gasteiger partial charge in [-0.05, 0) is 68.5 Å². The minimum Gasteiger partial charge on any atom is -0.464 e. The number of carbonyl (C=O) groups is 1. The number of esters is 1. The number of hydrogen-bond acceptors (Lipinski definition) is 6. The van der Waals surface area contributed by atoms with E-state index in [1.807, 2.05) is 35.9 Å². The second-order valence-corrected chi connectivity index (χ2v) is 11.2. The second-order valence-electron chi connectivity index (χ2n) is 10.4. The third-order valence-electron chi connectivity index (χ3n) is 7.89. The monoisotopic (exact) mass is 567 g/mol. The largest absolute Gasteiger partial charge is 0.464 e. The number of benzene rings is 2. The molecular formula is C30H31Cl2N3O4. The van der Waals surface area contributed by atoms with Crippen LogP contribution in [0.25, 0.3) is 22.2 Å². The van der Waals surface area contributed by atoms with E-state index < -0.39 is 0 Å². The Balaban J connectivity index is 1.16. The normalized spacial score (nSPS) is 17.9. The van der Waals surface area contributed by atoms with Crippen LogP contribution in [0.4, 0.5) is 5.69 Å². The standard InChI is InChI=1S/C30H31Cl2N3O4/c1-34-25-11-10-20(15-19(25)16-26(34)30(36)37-2)35-13-4-5-21(12-14-35)38-17-22-28(33-39-29(22)18-8-9-18)27-23(31)6-3-7-24(27)32/h3,6-7,10-11,15-16,18,21H,4-5,8-9,12-14,17H2,1-2H3. The zero-order chi connectivity index (χ0) is 27.1. The molecule has 1 aliphatic heterocycles. The van der Waals surface area contributed by atoms with Crippen LogP contribution in [0, 0.1) is 0 Å². The molecule has 0 amide bonds. The number of aromatic nitrogens is 2. The molecule has 2 aromatic heterocycles. The van der Waals surface area contributed by atoms with Crippen molar-refractivity contribution in [3.05, 3.63) is 69.5 Å². The van der Waals surface area contributed by atoms with Gasteiger partial charge >= 0.3 is 5.97 Å². The lowest BCUT2D eigenvalue weighted by Gasteiger charge is -2.23. The van der Waals surface area contributed by atoms with Crippen LogP contribution in [-0.2, 0) is 23.1 Å². The van der Waals surface area contributed by atoms with Crippen LogP contribution in [0.3, 0.4) is 0 Å².